The Morgan fingerprint density at radius 3 is 2.40 bits per heavy atom. The molecule has 6 N–H and O–H groups in total. The molecule has 1 aromatic carbocycles. The lowest BCUT2D eigenvalue weighted by Crippen LogP contribution is -2.56. The number of Topliss-reactive ketones (excluding diaryl/α,β-unsaturated/α-hetero) is 1. The van der Waals surface area contributed by atoms with E-state index in [9.17, 15) is 19.2 Å². The molecule has 0 aliphatic carbocycles. The van der Waals surface area contributed by atoms with Crippen LogP contribution in [0, 0.1) is 0 Å². The largest absolute Gasteiger partial charge is 0.466 e. The number of fused-ring (bicyclic) bond motifs is 1. The minimum Gasteiger partial charge on any atom is -0.466 e. The van der Waals surface area contributed by atoms with Gasteiger partial charge in [-0.2, -0.15) is 4.98 Å². The first-order valence-electron chi connectivity index (χ1n) is 11.3. The number of nitrogens with zero attached hydrogens (tertiary/aromatic N) is 1. The van der Waals surface area contributed by atoms with Gasteiger partial charge in [0.2, 0.25) is 5.95 Å². The predicted octanol–water partition coefficient (Wildman–Crippen LogP) is 1.41. The van der Waals surface area contributed by atoms with Crippen LogP contribution in [0.1, 0.15) is 48.2 Å². The van der Waals surface area contributed by atoms with E-state index in [0.717, 1.165) is 11.1 Å². The van der Waals surface area contributed by atoms with Gasteiger partial charge in [-0.05, 0) is 44.2 Å². The number of hydrogen-bond acceptors (Lipinski definition) is 9. The summed E-state index contributed by atoms with van der Waals surface area (Å²) >= 11 is 0. The van der Waals surface area contributed by atoms with E-state index < -0.39 is 23.3 Å². The maximum absolute atomic E-state index is 13.2. The summed E-state index contributed by atoms with van der Waals surface area (Å²) in [7, 11) is 0. The fourth-order valence-corrected chi connectivity index (χ4v) is 3.78. The van der Waals surface area contributed by atoms with Crippen molar-refractivity contribution in [1.29, 1.82) is 0 Å². The van der Waals surface area contributed by atoms with Gasteiger partial charge in [0.1, 0.15) is 5.65 Å². The van der Waals surface area contributed by atoms with Crippen molar-refractivity contribution in [3.63, 3.8) is 0 Å². The molecule has 35 heavy (non-hydrogen) atoms. The van der Waals surface area contributed by atoms with Crippen LogP contribution in [-0.2, 0) is 31.9 Å². The van der Waals surface area contributed by atoms with E-state index in [1.165, 1.54) is 0 Å². The number of aryl methyl sites for hydroxylation is 2. The van der Waals surface area contributed by atoms with Crippen molar-refractivity contribution in [2.24, 2.45) is 5.73 Å². The highest BCUT2D eigenvalue weighted by atomic mass is 16.5. The second kappa shape index (κ2) is 11.0. The molecule has 0 saturated heterocycles. The second-order valence-corrected chi connectivity index (χ2v) is 8.01. The lowest BCUT2D eigenvalue weighted by Gasteiger charge is -2.25. The molecule has 2 heterocycles. The minimum atomic E-state index is -2.01. The van der Waals surface area contributed by atoms with Gasteiger partial charge in [-0.25, -0.2) is 4.79 Å². The molecule has 3 aromatic rings. The molecule has 0 unspecified atom stereocenters. The smallest absolute Gasteiger partial charge is 0.334 e. The van der Waals surface area contributed by atoms with Crippen LogP contribution in [0.25, 0.3) is 11.0 Å². The van der Waals surface area contributed by atoms with E-state index in [4.69, 9.17) is 20.9 Å². The topological polar surface area (TPSA) is 183 Å². The van der Waals surface area contributed by atoms with Gasteiger partial charge in [0.25, 0.3) is 5.56 Å². The lowest BCUT2D eigenvalue weighted by atomic mass is 9.85. The van der Waals surface area contributed by atoms with Crippen LogP contribution in [0.5, 0.6) is 0 Å². The lowest BCUT2D eigenvalue weighted by molar-refractivity contribution is -0.148. The van der Waals surface area contributed by atoms with E-state index in [1.54, 1.807) is 44.3 Å². The highest BCUT2D eigenvalue weighted by Crippen LogP contribution is 2.21. The Morgan fingerprint density at radius 2 is 1.74 bits per heavy atom. The number of anilines is 1. The van der Waals surface area contributed by atoms with Gasteiger partial charge in [-0.3, -0.25) is 19.4 Å². The molecule has 0 aliphatic heterocycles. The van der Waals surface area contributed by atoms with Crippen LogP contribution in [0.3, 0.4) is 0 Å². The fraction of sp³-hybridized carbons (Fsp3) is 0.375. The van der Waals surface area contributed by atoms with Crippen molar-refractivity contribution in [3.8, 4) is 0 Å². The predicted molar refractivity (Wildman–Crippen MR) is 129 cm³/mol. The molecule has 0 bridgehead atoms. The van der Waals surface area contributed by atoms with Crippen molar-refractivity contribution in [2.45, 2.75) is 45.1 Å². The second-order valence-electron chi connectivity index (χ2n) is 8.01. The van der Waals surface area contributed by atoms with Crippen LogP contribution >= 0.6 is 0 Å². The number of ether oxygens (including phenoxy) is 2. The van der Waals surface area contributed by atoms with Gasteiger partial charge in [-0.15, -0.1) is 0 Å². The van der Waals surface area contributed by atoms with Crippen LogP contribution in [0.2, 0.25) is 0 Å². The Balaban J connectivity index is 1.74. The number of ketones is 1. The van der Waals surface area contributed by atoms with Crippen LogP contribution in [-0.4, -0.2) is 51.4 Å². The van der Waals surface area contributed by atoms with Crippen molar-refractivity contribution >= 4 is 34.7 Å². The summed E-state index contributed by atoms with van der Waals surface area (Å²) in [5.74, 6) is -2.04. The highest BCUT2D eigenvalue weighted by Gasteiger charge is 2.44. The maximum Gasteiger partial charge on any atom is 0.334 e. The number of benzene rings is 1. The summed E-state index contributed by atoms with van der Waals surface area (Å²) in [5.41, 5.74) is 11.8. The molecule has 186 valence electrons. The number of aromatic amines is 2. The molecule has 0 saturated carbocycles. The highest BCUT2D eigenvalue weighted by molar-refractivity contribution is 6.16. The number of H-pyrrole nitrogens is 2. The van der Waals surface area contributed by atoms with Gasteiger partial charge >= 0.3 is 11.9 Å². The molecule has 1 atom stereocenters. The van der Waals surface area contributed by atoms with E-state index in [1.807, 2.05) is 0 Å². The van der Waals surface area contributed by atoms with Crippen molar-refractivity contribution < 1.29 is 23.9 Å². The number of hydrogen-bond donors (Lipinski definition) is 4. The zero-order valence-corrected chi connectivity index (χ0v) is 19.7. The van der Waals surface area contributed by atoms with E-state index >= 15 is 0 Å². The zero-order valence-electron chi connectivity index (χ0n) is 19.7. The van der Waals surface area contributed by atoms with Gasteiger partial charge in [0.05, 0.1) is 18.6 Å². The first-order valence-corrected chi connectivity index (χ1v) is 11.3. The van der Waals surface area contributed by atoms with Gasteiger partial charge < -0.3 is 25.9 Å². The first kappa shape index (κ1) is 25.6. The van der Waals surface area contributed by atoms with Gasteiger partial charge in [0, 0.05) is 18.2 Å². The van der Waals surface area contributed by atoms with Crippen molar-refractivity contribution in [2.75, 3.05) is 18.9 Å². The van der Waals surface area contributed by atoms with Gasteiger partial charge in [-0.1, -0.05) is 24.3 Å². The molecule has 2 aromatic heterocycles. The van der Waals surface area contributed by atoms with Crippen molar-refractivity contribution in [1.82, 2.24) is 15.0 Å². The Morgan fingerprint density at radius 1 is 1.06 bits per heavy atom. The molecule has 0 aliphatic rings. The SMILES string of the molecule is CCOC(=O)CC[C@](N)(C(=O)OCC)C(=O)c1ccc(CCc2c[nH]c3nc(N)[nH]c(=O)c23)cc1. The average molecular weight is 484 g/mol. The molecular weight excluding hydrogens is 454 g/mol. The van der Waals surface area contributed by atoms with Gasteiger partial charge in [0.15, 0.2) is 11.3 Å². The average Bonchev–Trinajstić information content (AvgIpc) is 3.24. The summed E-state index contributed by atoms with van der Waals surface area (Å²) in [6.45, 7) is 3.50. The number of aromatic nitrogens is 3. The molecule has 0 radical (unpaired) electrons. The number of nitrogens with one attached hydrogen (secondary N) is 2. The minimum absolute atomic E-state index is 0.0391. The Kier molecular flexibility index (Phi) is 8.02. The third kappa shape index (κ3) is 5.75. The van der Waals surface area contributed by atoms with Crippen LogP contribution in [0.15, 0.2) is 35.3 Å². The summed E-state index contributed by atoms with van der Waals surface area (Å²) < 4.78 is 9.90. The summed E-state index contributed by atoms with van der Waals surface area (Å²) in [4.78, 5) is 59.3. The zero-order chi connectivity index (χ0) is 25.6. The molecule has 11 nitrogen and oxygen atoms in total. The Labute approximate surface area is 201 Å². The van der Waals surface area contributed by atoms with Crippen LogP contribution in [0.4, 0.5) is 5.95 Å². The molecule has 11 heteroatoms. The third-order valence-electron chi connectivity index (χ3n) is 5.61. The van der Waals surface area contributed by atoms with E-state index in [0.29, 0.717) is 23.9 Å². The number of nitrogens with two attached hydrogens (primary N) is 2. The third-order valence-corrected chi connectivity index (χ3v) is 5.61. The summed E-state index contributed by atoms with van der Waals surface area (Å²) in [6, 6.07) is 6.65. The van der Waals surface area contributed by atoms with Crippen LogP contribution < -0.4 is 17.0 Å². The standard InChI is InChI=1S/C24H29N5O6/c1-3-34-17(30)11-12-24(26,22(33)35-4-2)19(31)15-8-5-14(6-9-15)7-10-16-13-27-20-18(16)21(32)29-23(25)28-20/h5-6,8-9,13H,3-4,7,10-12,26H2,1-2H3,(H4,25,27,28,29,32)/t24-/m1/s1. The Hall–Kier alpha value is -3.99. The van der Waals surface area contributed by atoms with Crippen molar-refractivity contribution in [3.05, 3.63) is 57.5 Å². The monoisotopic (exact) mass is 483 g/mol. The summed E-state index contributed by atoms with van der Waals surface area (Å²) in [5, 5.41) is 0.454. The van der Waals surface area contributed by atoms with E-state index in [2.05, 4.69) is 15.0 Å². The number of esters is 2. The number of nitrogen functional groups attached to an aromatic ring is 1. The quantitative estimate of drug-likeness (QED) is 0.178. The maximum atomic E-state index is 13.2. The molecule has 0 fully saturated rings. The molecule has 0 amide bonds. The molecular formula is C24H29N5O6. The summed E-state index contributed by atoms with van der Waals surface area (Å²) in [6.07, 6.45) is 2.41. The Bertz CT molecular complexity index is 1280. The number of carbonyl (C=O) groups is 3. The molecule has 0 spiro atoms. The number of rotatable bonds is 11. The number of carbonyl (C=O) groups excluding carboxylic acids is 3. The molecule has 3 rings (SSSR count). The normalized spacial score (nSPS) is 12.8. The fourth-order valence-electron chi connectivity index (χ4n) is 3.78. The first-order chi connectivity index (χ1) is 16.7. The van der Waals surface area contributed by atoms with E-state index in [-0.39, 0.29) is 43.1 Å².